The lowest BCUT2D eigenvalue weighted by molar-refractivity contribution is -0.384. The quantitative estimate of drug-likeness (QED) is 0.546. The average molecular weight is 268 g/mol. The predicted molar refractivity (Wildman–Crippen MR) is 69.7 cm³/mol. The van der Waals surface area contributed by atoms with Gasteiger partial charge in [-0.1, -0.05) is 6.92 Å². The average Bonchev–Trinajstić information content (AvgIpc) is 2.37. The lowest BCUT2D eigenvalue weighted by Crippen LogP contribution is -2.37. The Morgan fingerprint density at radius 2 is 2.32 bits per heavy atom. The number of carbonyl (C=O) groups excluding carboxylic acids is 1. The summed E-state index contributed by atoms with van der Waals surface area (Å²) in [5.41, 5.74) is 5.18. The number of nitrogens with one attached hydrogen (secondary N) is 1. The summed E-state index contributed by atoms with van der Waals surface area (Å²) in [6.45, 7) is 2.32. The maximum atomic E-state index is 11.4. The van der Waals surface area contributed by atoms with Crippen LogP contribution in [0.3, 0.4) is 0 Å². The summed E-state index contributed by atoms with van der Waals surface area (Å²) in [5, 5.41) is 13.4. The Kier molecular flexibility index (Phi) is 4.98. The lowest BCUT2D eigenvalue weighted by Gasteiger charge is -2.21. The van der Waals surface area contributed by atoms with E-state index in [-0.39, 0.29) is 29.9 Å². The van der Waals surface area contributed by atoms with Crippen molar-refractivity contribution in [3.05, 3.63) is 16.3 Å². The van der Waals surface area contributed by atoms with E-state index in [2.05, 4.69) is 15.3 Å². The molecule has 1 heterocycles. The van der Waals surface area contributed by atoms with Gasteiger partial charge in [0.15, 0.2) is 0 Å². The fraction of sp³-hybridized carbons (Fsp3) is 0.500. The van der Waals surface area contributed by atoms with E-state index in [0.29, 0.717) is 13.0 Å². The van der Waals surface area contributed by atoms with Crippen molar-refractivity contribution in [2.24, 2.45) is 0 Å². The van der Waals surface area contributed by atoms with Crippen molar-refractivity contribution in [2.75, 3.05) is 30.8 Å². The first-order valence-corrected chi connectivity index (χ1v) is 5.72. The Balaban J connectivity index is 3.16. The first kappa shape index (κ1) is 14.6. The van der Waals surface area contributed by atoms with Crippen molar-refractivity contribution in [1.29, 1.82) is 0 Å². The van der Waals surface area contributed by atoms with Crippen LogP contribution in [-0.2, 0) is 4.79 Å². The zero-order valence-corrected chi connectivity index (χ0v) is 10.8. The molecule has 9 heteroatoms. The molecule has 9 nitrogen and oxygen atoms in total. The maximum absolute atomic E-state index is 11.4. The SMILES string of the molecule is CCCN(CC(=O)NC)c1nc(N)ncc1[N+](=O)[O-]. The topological polar surface area (TPSA) is 127 Å². The fourth-order valence-electron chi connectivity index (χ4n) is 1.52. The number of likely N-dealkylation sites (N-methyl/N-ethyl adjacent to an activating group) is 1. The Morgan fingerprint density at radius 1 is 1.63 bits per heavy atom. The van der Waals surface area contributed by atoms with Gasteiger partial charge in [-0.15, -0.1) is 0 Å². The molecule has 19 heavy (non-hydrogen) atoms. The summed E-state index contributed by atoms with van der Waals surface area (Å²) in [6.07, 6.45) is 1.75. The molecule has 0 unspecified atom stereocenters. The van der Waals surface area contributed by atoms with Gasteiger partial charge in [-0.25, -0.2) is 4.98 Å². The Hall–Kier alpha value is -2.45. The highest BCUT2D eigenvalue weighted by Crippen LogP contribution is 2.25. The van der Waals surface area contributed by atoms with Crippen LogP contribution in [0.15, 0.2) is 6.20 Å². The number of nitrogens with zero attached hydrogens (tertiary/aromatic N) is 4. The van der Waals surface area contributed by atoms with E-state index in [1.54, 1.807) is 0 Å². The molecule has 1 aromatic heterocycles. The van der Waals surface area contributed by atoms with Crippen molar-refractivity contribution in [1.82, 2.24) is 15.3 Å². The highest BCUT2D eigenvalue weighted by atomic mass is 16.6. The number of rotatable bonds is 6. The van der Waals surface area contributed by atoms with Crippen molar-refractivity contribution >= 4 is 23.4 Å². The highest BCUT2D eigenvalue weighted by molar-refractivity contribution is 5.81. The van der Waals surface area contributed by atoms with E-state index in [0.717, 1.165) is 6.20 Å². The minimum Gasteiger partial charge on any atom is -0.368 e. The Morgan fingerprint density at radius 3 is 2.84 bits per heavy atom. The number of anilines is 2. The molecule has 3 N–H and O–H groups in total. The largest absolute Gasteiger partial charge is 0.368 e. The molecule has 0 aliphatic carbocycles. The Bertz CT molecular complexity index is 478. The van der Waals surface area contributed by atoms with Gasteiger partial charge in [0.1, 0.15) is 6.20 Å². The van der Waals surface area contributed by atoms with Gasteiger partial charge in [0, 0.05) is 13.6 Å². The summed E-state index contributed by atoms with van der Waals surface area (Å²) < 4.78 is 0. The molecule has 0 fully saturated rings. The van der Waals surface area contributed by atoms with Gasteiger partial charge in [0.25, 0.3) is 0 Å². The van der Waals surface area contributed by atoms with Crippen molar-refractivity contribution in [3.8, 4) is 0 Å². The van der Waals surface area contributed by atoms with E-state index in [9.17, 15) is 14.9 Å². The molecule has 1 aromatic rings. The molecule has 0 aliphatic heterocycles. The van der Waals surface area contributed by atoms with Gasteiger partial charge in [-0.2, -0.15) is 4.98 Å². The molecular formula is C10H16N6O3. The van der Waals surface area contributed by atoms with Crippen LogP contribution >= 0.6 is 0 Å². The summed E-state index contributed by atoms with van der Waals surface area (Å²) in [5.74, 6) is -0.276. The third-order valence-corrected chi connectivity index (χ3v) is 2.37. The van der Waals surface area contributed by atoms with E-state index in [1.807, 2.05) is 6.92 Å². The van der Waals surface area contributed by atoms with Crippen LogP contribution in [0.2, 0.25) is 0 Å². The van der Waals surface area contributed by atoms with Crippen LogP contribution in [0, 0.1) is 10.1 Å². The number of amides is 1. The van der Waals surface area contributed by atoms with Crippen LogP contribution < -0.4 is 16.0 Å². The standard InChI is InChI=1S/C10H16N6O3/c1-3-4-15(6-8(17)12-2)9-7(16(18)19)5-13-10(11)14-9/h5H,3-4,6H2,1-2H3,(H,12,17)(H2,11,13,14). The minimum absolute atomic E-state index is 0.0262. The van der Waals surface area contributed by atoms with Crippen LogP contribution in [0.25, 0.3) is 0 Å². The highest BCUT2D eigenvalue weighted by Gasteiger charge is 2.23. The fourth-order valence-corrected chi connectivity index (χ4v) is 1.52. The zero-order chi connectivity index (χ0) is 14.4. The number of carbonyl (C=O) groups is 1. The molecule has 0 saturated heterocycles. The first-order chi connectivity index (χ1) is 8.99. The molecule has 104 valence electrons. The smallest absolute Gasteiger partial charge is 0.329 e. The zero-order valence-electron chi connectivity index (χ0n) is 10.8. The third-order valence-electron chi connectivity index (χ3n) is 2.37. The monoisotopic (exact) mass is 268 g/mol. The van der Waals surface area contributed by atoms with Crippen molar-refractivity contribution in [2.45, 2.75) is 13.3 Å². The number of nitrogens with two attached hydrogens (primary N) is 1. The summed E-state index contributed by atoms with van der Waals surface area (Å²) in [7, 11) is 1.50. The van der Waals surface area contributed by atoms with Crippen molar-refractivity contribution in [3.63, 3.8) is 0 Å². The van der Waals surface area contributed by atoms with Crippen LogP contribution in [-0.4, -0.2) is 40.9 Å². The van der Waals surface area contributed by atoms with Gasteiger partial charge >= 0.3 is 5.69 Å². The van der Waals surface area contributed by atoms with Gasteiger partial charge in [0.2, 0.25) is 17.7 Å². The van der Waals surface area contributed by atoms with Crippen molar-refractivity contribution < 1.29 is 9.72 Å². The van der Waals surface area contributed by atoms with E-state index in [1.165, 1.54) is 11.9 Å². The van der Waals surface area contributed by atoms with E-state index < -0.39 is 4.92 Å². The molecule has 1 rings (SSSR count). The maximum Gasteiger partial charge on any atom is 0.329 e. The third kappa shape index (κ3) is 3.76. The van der Waals surface area contributed by atoms with Crippen LogP contribution in [0.5, 0.6) is 0 Å². The number of nitrogen functional groups attached to an aromatic ring is 1. The molecule has 1 amide bonds. The molecule has 0 aromatic carbocycles. The van der Waals surface area contributed by atoms with Gasteiger partial charge in [-0.3, -0.25) is 14.9 Å². The summed E-state index contributed by atoms with van der Waals surface area (Å²) in [6, 6.07) is 0. The minimum atomic E-state index is -0.596. The van der Waals surface area contributed by atoms with E-state index >= 15 is 0 Å². The van der Waals surface area contributed by atoms with Gasteiger partial charge in [-0.05, 0) is 6.42 Å². The lowest BCUT2D eigenvalue weighted by atomic mass is 10.3. The Labute approximate surface area is 110 Å². The molecule has 0 bridgehead atoms. The number of aromatic nitrogens is 2. The van der Waals surface area contributed by atoms with E-state index in [4.69, 9.17) is 5.73 Å². The molecule has 0 spiro atoms. The second kappa shape index (κ2) is 6.47. The second-order valence-electron chi connectivity index (χ2n) is 3.79. The van der Waals surface area contributed by atoms with Crippen LogP contribution in [0.4, 0.5) is 17.5 Å². The summed E-state index contributed by atoms with van der Waals surface area (Å²) >= 11 is 0. The second-order valence-corrected chi connectivity index (χ2v) is 3.79. The molecule has 0 aliphatic rings. The molecular weight excluding hydrogens is 252 g/mol. The first-order valence-electron chi connectivity index (χ1n) is 5.72. The molecule has 0 atom stereocenters. The number of hydrogen-bond donors (Lipinski definition) is 2. The van der Waals surface area contributed by atoms with Gasteiger partial charge in [0.05, 0.1) is 11.5 Å². The number of hydrogen-bond acceptors (Lipinski definition) is 7. The predicted octanol–water partition coefficient (Wildman–Crippen LogP) is -0.0706. The molecule has 0 radical (unpaired) electrons. The number of nitro groups is 1. The van der Waals surface area contributed by atoms with Gasteiger partial charge < -0.3 is 16.0 Å². The normalized spacial score (nSPS) is 10.0. The molecule has 0 saturated carbocycles. The summed E-state index contributed by atoms with van der Waals surface area (Å²) in [4.78, 5) is 30.8. The van der Waals surface area contributed by atoms with Crippen LogP contribution in [0.1, 0.15) is 13.3 Å².